The Labute approximate surface area is 139 Å². The minimum atomic E-state index is -4.03. The van der Waals surface area contributed by atoms with Gasteiger partial charge in [-0.1, -0.05) is 0 Å². The van der Waals surface area contributed by atoms with Gasteiger partial charge in [0.05, 0.1) is 23.4 Å². The average molecular weight is 357 g/mol. The number of amides is 1. The Morgan fingerprint density at radius 2 is 2.04 bits per heavy atom. The lowest BCUT2D eigenvalue weighted by molar-refractivity contribution is 0.0698. The van der Waals surface area contributed by atoms with Crippen molar-refractivity contribution in [1.82, 2.24) is 9.62 Å². The van der Waals surface area contributed by atoms with E-state index in [0.717, 1.165) is 12.8 Å². The summed E-state index contributed by atoms with van der Waals surface area (Å²) in [6.07, 6.45) is -1.28. The number of likely N-dealkylation sites (tertiary alicyclic amines) is 1. The molecule has 1 heterocycles. The molecule has 1 aromatic rings. The molecule has 1 aliphatic heterocycles. The Kier molecular flexibility index (Phi) is 5.85. The highest BCUT2D eigenvalue weighted by Crippen LogP contribution is 2.19. The zero-order valence-corrected chi connectivity index (χ0v) is 13.6. The summed E-state index contributed by atoms with van der Waals surface area (Å²) in [6, 6.07) is 7.24. The number of benzene rings is 1. The fraction of sp³-hybridized carbons (Fsp3) is 0.467. The summed E-state index contributed by atoms with van der Waals surface area (Å²) in [7, 11) is -4.03. The molecule has 1 aromatic carbocycles. The van der Waals surface area contributed by atoms with Gasteiger partial charge in [0, 0.05) is 18.7 Å². The first-order valence-electron chi connectivity index (χ1n) is 7.40. The van der Waals surface area contributed by atoms with Gasteiger partial charge in [-0.3, -0.25) is 4.79 Å². The monoisotopic (exact) mass is 357 g/mol. The number of sulfonamides is 1. The highest BCUT2D eigenvalue weighted by molar-refractivity contribution is 7.89. The van der Waals surface area contributed by atoms with Crippen LogP contribution in [-0.4, -0.2) is 45.3 Å². The number of carbonyl (C=O) groups excluding carboxylic acids is 1. The third-order valence-corrected chi connectivity index (χ3v) is 5.17. The van der Waals surface area contributed by atoms with Crippen molar-refractivity contribution in [2.24, 2.45) is 5.92 Å². The molecule has 0 aliphatic carbocycles. The maximum absolute atomic E-state index is 12.4. The van der Waals surface area contributed by atoms with Gasteiger partial charge in [-0.2, -0.15) is 5.26 Å². The predicted molar refractivity (Wildman–Crippen MR) is 81.9 cm³/mol. The van der Waals surface area contributed by atoms with E-state index in [4.69, 9.17) is 5.26 Å². The zero-order valence-electron chi connectivity index (χ0n) is 12.8. The molecule has 0 radical (unpaired) electrons. The zero-order chi connectivity index (χ0) is 17.7. The number of rotatable bonds is 5. The van der Waals surface area contributed by atoms with E-state index >= 15 is 0 Å². The van der Waals surface area contributed by atoms with Crippen molar-refractivity contribution in [2.45, 2.75) is 24.2 Å². The molecule has 1 N–H and O–H groups in total. The van der Waals surface area contributed by atoms with E-state index in [0.29, 0.717) is 18.7 Å². The van der Waals surface area contributed by atoms with Crippen molar-refractivity contribution in [3.63, 3.8) is 0 Å². The van der Waals surface area contributed by atoms with Crippen LogP contribution in [0.2, 0.25) is 0 Å². The second-order valence-corrected chi connectivity index (χ2v) is 7.25. The lowest BCUT2D eigenvalue weighted by Crippen LogP contribution is -2.39. The molecule has 0 spiro atoms. The maximum Gasteiger partial charge on any atom is 0.253 e. The van der Waals surface area contributed by atoms with E-state index in [9.17, 15) is 22.0 Å². The molecule has 1 amide bonds. The van der Waals surface area contributed by atoms with Gasteiger partial charge in [-0.15, -0.1) is 0 Å². The lowest BCUT2D eigenvalue weighted by atomic mass is 9.99. The number of carbonyl (C=O) groups is 1. The van der Waals surface area contributed by atoms with Gasteiger partial charge in [0.25, 0.3) is 12.3 Å². The third kappa shape index (κ3) is 4.49. The topological polar surface area (TPSA) is 90.3 Å². The molecule has 6 nitrogen and oxygen atoms in total. The molecular weight excluding hydrogens is 340 g/mol. The Morgan fingerprint density at radius 1 is 1.38 bits per heavy atom. The molecule has 0 saturated carbocycles. The molecule has 2 rings (SSSR count). The van der Waals surface area contributed by atoms with Crippen molar-refractivity contribution >= 4 is 15.9 Å². The summed E-state index contributed by atoms with van der Waals surface area (Å²) in [6.45, 7) is -0.0648. The van der Waals surface area contributed by atoms with Crippen LogP contribution in [0, 0.1) is 17.2 Å². The standard InChI is InChI=1S/C15H17F2N3O3S/c16-14(17)9-19-24(22,23)13-5-3-12(4-6-13)15(21)20-7-1-2-11(8-18)10-20/h3-6,11,14,19H,1-2,7,9-10H2/t11-/m0/s1. The van der Waals surface area contributed by atoms with Crippen molar-refractivity contribution < 1.29 is 22.0 Å². The fourth-order valence-electron chi connectivity index (χ4n) is 2.48. The molecule has 0 aromatic heterocycles. The molecule has 0 unspecified atom stereocenters. The van der Waals surface area contributed by atoms with Crippen LogP contribution in [0.3, 0.4) is 0 Å². The molecule has 130 valence electrons. The van der Waals surface area contributed by atoms with Crippen molar-refractivity contribution in [2.75, 3.05) is 19.6 Å². The van der Waals surface area contributed by atoms with E-state index < -0.39 is 23.0 Å². The summed E-state index contributed by atoms with van der Waals surface area (Å²) < 4.78 is 49.7. The number of hydrogen-bond donors (Lipinski definition) is 1. The first-order chi connectivity index (χ1) is 11.3. The smallest absolute Gasteiger partial charge is 0.253 e. The fourth-order valence-corrected chi connectivity index (χ4v) is 3.49. The summed E-state index contributed by atoms with van der Waals surface area (Å²) in [5.74, 6) is -0.472. The second-order valence-electron chi connectivity index (χ2n) is 5.49. The number of piperidine rings is 1. The van der Waals surface area contributed by atoms with Crippen LogP contribution < -0.4 is 4.72 Å². The number of hydrogen-bond acceptors (Lipinski definition) is 4. The number of alkyl halides is 2. The summed E-state index contributed by atoms with van der Waals surface area (Å²) in [5, 5.41) is 8.96. The van der Waals surface area contributed by atoms with Crippen LogP contribution in [0.4, 0.5) is 8.78 Å². The van der Waals surface area contributed by atoms with Gasteiger partial charge in [-0.25, -0.2) is 21.9 Å². The molecule has 1 atom stereocenters. The molecule has 1 saturated heterocycles. The molecular formula is C15H17F2N3O3S. The first kappa shape index (κ1) is 18.3. The molecule has 1 fully saturated rings. The molecule has 24 heavy (non-hydrogen) atoms. The van der Waals surface area contributed by atoms with E-state index in [1.54, 1.807) is 9.62 Å². The van der Waals surface area contributed by atoms with E-state index in [1.807, 2.05) is 0 Å². The van der Waals surface area contributed by atoms with E-state index in [1.165, 1.54) is 24.3 Å². The summed E-state index contributed by atoms with van der Waals surface area (Å²) >= 11 is 0. The molecule has 9 heteroatoms. The minimum Gasteiger partial charge on any atom is -0.337 e. The van der Waals surface area contributed by atoms with Gasteiger partial charge in [0.2, 0.25) is 10.0 Å². The van der Waals surface area contributed by atoms with Gasteiger partial charge < -0.3 is 4.90 Å². The summed E-state index contributed by atoms with van der Waals surface area (Å²) in [4.78, 5) is 13.8. The first-order valence-corrected chi connectivity index (χ1v) is 8.88. The Morgan fingerprint density at radius 3 is 2.62 bits per heavy atom. The minimum absolute atomic E-state index is 0.187. The number of nitrogens with zero attached hydrogens (tertiary/aromatic N) is 2. The van der Waals surface area contributed by atoms with Crippen molar-refractivity contribution in [1.29, 1.82) is 5.26 Å². The SMILES string of the molecule is N#C[C@@H]1CCCN(C(=O)c2ccc(S(=O)(=O)NCC(F)F)cc2)C1. The average Bonchev–Trinajstić information content (AvgIpc) is 2.59. The number of nitriles is 1. The maximum atomic E-state index is 12.4. The van der Waals surface area contributed by atoms with E-state index in [2.05, 4.69) is 6.07 Å². The van der Waals surface area contributed by atoms with Crippen LogP contribution in [0.5, 0.6) is 0 Å². The molecule has 1 aliphatic rings. The van der Waals surface area contributed by atoms with Gasteiger partial charge in [0.1, 0.15) is 0 Å². The van der Waals surface area contributed by atoms with Gasteiger partial charge >= 0.3 is 0 Å². The highest BCUT2D eigenvalue weighted by atomic mass is 32.2. The van der Waals surface area contributed by atoms with Crippen LogP contribution in [0.1, 0.15) is 23.2 Å². The Balaban J connectivity index is 2.09. The van der Waals surface area contributed by atoms with Crippen LogP contribution in [0.15, 0.2) is 29.2 Å². The lowest BCUT2D eigenvalue weighted by Gasteiger charge is -2.29. The Bertz CT molecular complexity index is 729. The quantitative estimate of drug-likeness (QED) is 0.867. The number of halogens is 2. The largest absolute Gasteiger partial charge is 0.337 e. The highest BCUT2D eigenvalue weighted by Gasteiger charge is 2.24. The summed E-state index contributed by atoms with van der Waals surface area (Å²) in [5.41, 5.74) is 0.293. The normalized spacial score (nSPS) is 18.4. The van der Waals surface area contributed by atoms with Crippen molar-refractivity contribution in [3.05, 3.63) is 29.8 Å². The van der Waals surface area contributed by atoms with Gasteiger partial charge in [0.15, 0.2) is 0 Å². The van der Waals surface area contributed by atoms with E-state index in [-0.39, 0.29) is 16.7 Å². The van der Waals surface area contributed by atoms with Crippen molar-refractivity contribution in [3.8, 4) is 6.07 Å². The predicted octanol–water partition coefficient (Wildman–Crippen LogP) is 1.61. The van der Waals surface area contributed by atoms with Crippen LogP contribution in [-0.2, 0) is 10.0 Å². The van der Waals surface area contributed by atoms with Gasteiger partial charge in [-0.05, 0) is 37.1 Å². The second kappa shape index (κ2) is 7.68. The Hall–Kier alpha value is -2.05. The third-order valence-electron chi connectivity index (χ3n) is 3.73. The van der Waals surface area contributed by atoms with Crippen LogP contribution >= 0.6 is 0 Å². The molecule has 0 bridgehead atoms. The van der Waals surface area contributed by atoms with Crippen LogP contribution in [0.25, 0.3) is 0 Å². The number of nitrogens with one attached hydrogen (secondary N) is 1.